The Bertz CT molecular complexity index is 2270. The van der Waals surface area contributed by atoms with Crippen molar-refractivity contribution in [3.8, 4) is 0 Å². The second-order valence-corrected chi connectivity index (χ2v) is 56.1. The molecule has 16 atom stereocenters. The molecule has 0 spiro atoms. The molecule has 0 amide bonds. The van der Waals surface area contributed by atoms with Gasteiger partial charge >= 0.3 is 0 Å². The van der Waals surface area contributed by atoms with Gasteiger partial charge in [0.25, 0.3) is 0 Å². The first-order valence-corrected chi connectivity index (χ1v) is 46.0. The lowest BCUT2D eigenvalue weighted by atomic mass is 9.87. The van der Waals surface area contributed by atoms with Gasteiger partial charge in [0.05, 0.1) is 80.4 Å². The zero-order valence-corrected chi connectivity index (χ0v) is 68.0. The number of rotatable bonds is 24. The van der Waals surface area contributed by atoms with E-state index in [0.29, 0.717) is 45.7 Å². The van der Waals surface area contributed by atoms with E-state index in [-0.39, 0.29) is 86.6 Å². The first kappa shape index (κ1) is 86.2. The number of allylic oxidation sites excluding steroid dienone is 2. The molecule has 6 saturated heterocycles. The molecule has 0 aliphatic carbocycles. The van der Waals surface area contributed by atoms with Crippen molar-refractivity contribution in [2.24, 2.45) is 27.1 Å². The third kappa shape index (κ3) is 36.6. The highest BCUT2D eigenvalue weighted by atomic mass is 33.0. The van der Waals surface area contributed by atoms with Gasteiger partial charge in [0.15, 0.2) is 5.78 Å². The van der Waals surface area contributed by atoms with Gasteiger partial charge in [-0.3, -0.25) is 4.79 Å². The van der Waals surface area contributed by atoms with Crippen LogP contribution in [0.5, 0.6) is 0 Å². The second kappa shape index (κ2) is 40.9. The molecule has 0 N–H and O–H groups in total. The Hall–Kier alpha value is 0.0900. The fourth-order valence-electron chi connectivity index (χ4n) is 11.4. The lowest BCUT2D eigenvalue weighted by molar-refractivity contribution is -0.117. The summed E-state index contributed by atoms with van der Waals surface area (Å²) in [6.07, 6.45) is 29.0. The van der Waals surface area contributed by atoms with E-state index in [1.165, 1.54) is 48.8 Å². The number of carbonyl (C=O) groups is 2. The molecular formula is C74H135O9P7. The van der Waals surface area contributed by atoms with E-state index in [9.17, 15) is 9.59 Å². The Morgan fingerprint density at radius 3 is 1.38 bits per heavy atom. The van der Waals surface area contributed by atoms with E-state index >= 15 is 0 Å². The van der Waals surface area contributed by atoms with Crippen LogP contribution in [0.3, 0.4) is 0 Å². The molecule has 90 heavy (non-hydrogen) atoms. The van der Waals surface area contributed by atoms with E-state index in [2.05, 4.69) is 193 Å². The molecule has 9 nitrogen and oxygen atoms in total. The second-order valence-electron chi connectivity index (χ2n) is 32.5. The van der Waals surface area contributed by atoms with Gasteiger partial charge in [-0.1, -0.05) is 176 Å². The van der Waals surface area contributed by atoms with Crippen molar-refractivity contribution in [2.45, 2.75) is 346 Å². The highest BCUT2D eigenvalue weighted by molar-refractivity contribution is 8.96. The molecule has 520 valence electrons. The number of ketones is 2. The molecule has 6 rings (SSSR count). The standard InChI is InChI=1S/C15H24O2.C15H26O2.C15H24O2.C15H28O.C14H33O2P7/c1-10-6-7-13-14(16-10)11(2)12(17-13)8-9-15(3,4)5;2*1-11-10-13(7-6-12(2)16)17-14(11)8-9-15(3,4)5;1-6-7-8-13-11-12(2)14(16-13)9-10-15(3,4)5;1-6-11(16-21(22(17)18)23(19)20)13-9-10(2)12(15-13)7-8-14(3,4)5/h12-14H,1-2,6-9H2,3-5H3;13-14H,1,6-10H2,2-5H3;6-7,13-14H,1,8-10H2,2-5H3;13-14H,2,6-11H2,1,3-5H3;11-13H,2,6-9,17-20H2,1,3-5H3/t12-,13?,14-;13?,14-;2*13-,14?;11?,12?,13-/m00001/s1. The van der Waals surface area contributed by atoms with Gasteiger partial charge in [-0.05, 0) is 198 Å². The molecule has 6 aliphatic rings. The molecule has 0 aromatic carbocycles. The van der Waals surface area contributed by atoms with Crippen LogP contribution < -0.4 is 0 Å². The summed E-state index contributed by atoms with van der Waals surface area (Å²) in [7, 11) is 11.3. The number of unbranched alkanes of at least 4 members (excludes halogenated alkanes) is 1. The summed E-state index contributed by atoms with van der Waals surface area (Å²) in [5, 5.41) is 0. The molecule has 10 unspecified atom stereocenters. The van der Waals surface area contributed by atoms with Gasteiger partial charge in [0.2, 0.25) is 0 Å². The molecule has 0 aromatic rings. The van der Waals surface area contributed by atoms with Crippen LogP contribution >= 0.6 is 57.2 Å². The van der Waals surface area contributed by atoms with Crippen LogP contribution in [0, 0.1) is 27.1 Å². The van der Waals surface area contributed by atoms with Crippen molar-refractivity contribution in [3.05, 3.63) is 85.3 Å². The minimum absolute atomic E-state index is 0.0383. The molecule has 6 aliphatic heterocycles. The number of hydrogen-bond acceptors (Lipinski definition) is 9. The first-order chi connectivity index (χ1) is 41.4. The van der Waals surface area contributed by atoms with E-state index in [1.54, 1.807) is 19.9 Å². The average Bonchev–Trinajstić information content (AvgIpc) is 1.78. The molecule has 6 heterocycles. The molecule has 0 saturated carbocycles. The van der Waals surface area contributed by atoms with Gasteiger partial charge in [0.1, 0.15) is 11.9 Å². The summed E-state index contributed by atoms with van der Waals surface area (Å²) in [6.45, 7) is 65.8. The van der Waals surface area contributed by atoms with Crippen LogP contribution in [0.15, 0.2) is 85.3 Å². The zero-order chi connectivity index (χ0) is 68.7. The monoisotopic (exact) mass is 1380 g/mol. The maximum absolute atomic E-state index is 10.9. The number of fused-ring (bicyclic) bond motifs is 1. The minimum atomic E-state index is -0.423. The number of carbonyl (C=O) groups excluding carboxylic acids is 2. The fraction of sp³-hybridized carbons (Fsp3) is 0.784. The van der Waals surface area contributed by atoms with Crippen molar-refractivity contribution < 1.29 is 42.5 Å². The van der Waals surface area contributed by atoms with E-state index in [0.717, 1.165) is 120 Å². The third-order valence-corrected chi connectivity index (χ3v) is 39.5. The summed E-state index contributed by atoms with van der Waals surface area (Å²) in [6, 6.07) is 0. The lowest BCUT2D eigenvalue weighted by Gasteiger charge is -2.31. The van der Waals surface area contributed by atoms with Gasteiger partial charge in [0, 0.05) is 19.3 Å². The van der Waals surface area contributed by atoms with E-state index < -0.39 is 7.53 Å². The topological polar surface area (TPSA) is 98.8 Å². The molecule has 0 bridgehead atoms. The van der Waals surface area contributed by atoms with Crippen molar-refractivity contribution >= 4 is 68.8 Å². The van der Waals surface area contributed by atoms with Crippen molar-refractivity contribution in [1.29, 1.82) is 0 Å². The number of Topliss-reactive ketones (excluding diaryl/α,β-unsaturated/α-hetero) is 1. The van der Waals surface area contributed by atoms with Gasteiger partial charge < -0.3 is 37.7 Å². The average molecular weight is 1390 g/mol. The normalized spacial score (nSPS) is 26.8. The summed E-state index contributed by atoms with van der Waals surface area (Å²) >= 11 is 0. The van der Waals surface area contributed by atoms with Crippen molar-refractivity contribution in [3.63, 3.8) is 0 Å². The van der Waals surface area contributed by atoms with Crippen LogP contribution in [0.1, 0.15) is 273 Å². The Kier molecular flexibility index (Phi) is 39.1. The van der Waals surface area contributed by atoms with Crippen molar-refractivity contribution in [2.75, 3.05) is 0 Å². The van der Waals surface area contributed by atoms with Crippen molar-refractivity contribution in [1.82, 2.24) is 0 Å². The van der Waals surface area contributed by atoms with Gasteiger partial charge in [-0.25, -0.2) is 0 Å². The fourth-order valence-corrected chi connectivity index (χ4v) is 44.4. The maximum atomic E-state index is 10.9. The summed E-state index contributed by atoms with van der Waals surface area (Å²) in [5.41, 5.74) is 7.84. The van der Waals surface area contributed by atoms with Crippen LogP contribution in [-0.2, 0) is 42.5 Å². The van der Waals surface area contributed by atoms with E-state index in [4.69, 9.17) is 32.9 Å². The van der Waals surface area contributed by atoms with Crippen LogP contribution in [0.2, 0.25) is 0 Å². The Morgan fingerprint density at radius 2 is 0.967 bits per heavy atom. The number of hydrogen-bond donors (Lipinski definition) is 0. The highest BCUT2D eigenvalue weighted by Gasteiger charge is 2.43. The van der Waals surface area contributed by atoms with Crippen LogP contribution in [0.4, 0.5) is 0 Å². The molecule has 16 heteroatoms. The summed E-state index contributed by atoms with van der Waals surface area (Å²) in [4.78, 5) is 21.8. The van der Waals surface area contributed by atoms with E-state index in [1.807, 2.05) is 6.08 Å². The third-order valence-electron chi connectivity index (χ3n) is 17.0. The number of ether oxygens (including phenoxy) is 6. The molecular weight excluding hydrogens is 1250 g/mol. The summed E-state index contributed by atoms with van der Waals surface area (Å²) < 4.78 is 42.6. The predicted molar refractivity (Wildman–Crippen MR) is 408 cm³/mol. The quantitative estimate of drug-likeness (QED) is 0.0531. The first-order valence-electron chi connectivity index (χ1n) is 34.1. The van der Waals surface area contributed by atoms with Crippen LogP contribution in [-0.4, -0.2) is 84.8 Å². The van der Waals surface area contributed by atoms with Gasteiger partial charge in [-0.15, -0.1) is 35.7 Å². The summed E-state index contributed by atoms with van der Waals surface area (Å²) in [5.74, 6) is 1.20. The zero-order valence-electron chi connectivity index (χ0n) is 60.7. The SMILES string of the molecule is C=C1CC(CCC(C)=O)O[C@H]1CCC(C)(C)C.C=C1CCC2O[C@@H](CCC(C)(C)C)C(=C)[C@@H]2O1.C=C1C[C@H](C(CC)OP(P(P)P)P(P)P)OC1CCC(C)(C)C.C=C1C[C@H](C=CC(C)=O)OC1CCC(C)(C)C.C=C1C[C@H](CCCC)OC1CCC(C)(C)C. The smallest absolute Gasteiger partial charge is 0.152 e. The van der Waals surface area contributed by atoms with Gasteiger partial charge in [-0.2, -0.15) is 0 Å². The molecule has 0 aromatic heterocycles. The maximum Gasteiger partial charge on any atom is 0.152 e. The highest BCUT2D eigenvalue weighted by Crippen LogP contribution is 2.98. The van der Waals surface area contributed by atoms with Crippen LogP contribution in [0.25, 0.3) is 0 Å². The predicted octanol–water partition coefficient (Wildman–Crippen LogP) is 23.8. The lowest BCUT2D eigenvalue weighted by Crippen LogP contribution is -2.29. The Morgan fingerprint density at radius 1 is 0.556 bits per heavy atom. The minimum Gasteiger partial charge on any atom is -0.488 e. The Balaban J connectivity index is 0.000000386. The largest absolute Gasteiger partial charge is 0.488 e. The molecule has 6 fully saturated rings. The Labute approximate surface area is 566 Å². The molecule has 0 radical (unpaired) electrons.